The number of rotatable bonds is 5. The molecule has 3 aromatic rings. The van der Waals surface area contributed by atoms with Crippen LogP contribution in [-0.4, -0.2) is 53.8 Å². The van der Waals surface area contributed by atoms with E-state index in [-0.39, 0.29) is 4.90 Å². The summed E-state index contributed by atoms with van der Waals surface area (Å²) in [5, 5.41) is 7.05. The van der Waals surface area contributed by atoms with Crippen molar-refractivity contribution in [2.45, 2.75) is 11.4 Å². The van der Waals surface area contributed by atoms with E-state index in [9.17, 15) is 8.42 Å². The van der Waals surface area contributed by atoms with Crippen LogP contribution in [0.3, 0.4) is 0 Å². The molecular weight excluding hydrogens is 388 g/mol. The Balaban J connectivity index is 1.62. The summed E-state index contributed by atoms with van der Waals surface area (Å²) in [4.78, 5) is 0.250. The lowest BCUT2D eigenvalue weighted by Gasteiger charge is -2.26. The van der Waals surface area contributed by atoms with Gasteiger partial charge in [-0.3, -0.25) is 9.67 Å². The lowest BCUT2D eigenvalue weighted by molar-refractivity contribution is 0.0730. The lowest BCUT2D eigenvalue weighted by Crippen LogP contribution is -2.40. The molecule has 0 bridgehead atoms. The van der Waals surface area contributed by atoms with Crippen molar-refractivity contribution >= 4 is 22.2 Å². The third-order valence-corrected chi connectivity index (χ3v) is 6.60. The molecule has 1 saturated heterocycles. The van der Waals surface area contributed by atoms with Crippen LogP contribution in [0.1, 0.15) is 5.76 Å². The molecule has 0 spiro atoms. The summed E-state index contributed by atoms with van der Waals surface area (Å²) in [6.07, 6.45) is 1.60. The predicted octanol–water partition coefficient (Wildman–Crippen LogP) is 2.27. The van der Waals surface area contributed by atoms with Crippen LogP contribution in [0.4, 0.5) is 0 Å². The Morgan fingerprint density at radius 1 is 1.15 bits per heavy atom. The van der Waals surface area contributed by atoms with Crippen LogP contribution in [0, 0.1) is 4.77 Å². The first-order valence-electron chi connectivity index (χ1n) is 8.41. The Morgan fingerprint density at radius 3 is 2.56 bits per heavy atom. The third kappa shape index (κ3) is 3.61. The highest BCUT2D eigenvalue weighted by molar-refractivity contribution is 7.89. The van der Waals surface area contributed by atoms with E-state index in [1.165, 1.54) is 4.31 Å². The fourth-order valence-corrected chi connectivity index (χ4v) is 4.56. The molecule has 4 rings (SSSR count). The second kappa shape index (κ2) is 7.39. The molecule has 1 aliphatic rings. The summed E-state index contributed by atoms with van der Waals surface area (Å²) >= 11 is 5.31. The number of H-pyrrole nitrogens is 1. The van der Waals surface area contributed by atoms with Crippen molar-refractivity contribution in [1.82, 2.24) is 19.1 Å². The zero-order valence-corrected chi connectivity index (χ0v) is 16.0. The number of hydrogen-bond acceptors (Lipinski definition) is 6. The van der Waals surface area contributed by atoms with E-state index in [1.54, 1.807) is 35.1 Å². The van der Waals surface area contributed by atoms with Gasteiger partial charge in [0.1, 0.15) is 5.76 Å². The molecule has 0 radical (unpaired) electrons. The molecule has 0 saturated carbocycles. The van der Waals surface area contributed by atoms with E-state index in [4.69, 9.17) is 21.4 Å². The van der Waals surface area contributed by atoms with Gasteiger partial charge in [0.05, 0.1) is 30.9 Å². The topological polar surface area (TPSA) is 93.4 Å². The second-order valence-electron chi connectivity index (χ2n) is 6.06. The highest BCUT2D eigenvalue weighted by Crippen LogP contribution is 2.23. The summed E-state index contributed by atoms with van der Waals surface area (Å²) in [5.41, 5.74) is 0.759. The lowest BCUT2D eigenvalue weighted by atomic mass is 10.2. The molecule has 8 nitrogen and oxygen atoms in total. The fourth-order valence-electron chi connectivity index (χ4n) is 2.96. The van der Waals surface area contributed by atoms with Crippen LogP contribution in [0.15, 0.2) is 52.0 Å². The highest BCUT2D eigenvalue weighted by Gasteiger charge is 2.26. The molecule has 0 amide bonds. The Morgan fingerprint density at radius 2 is 1.89 bits per heavy atom. The molecule has 1 fully saturated rings. The minimum absolute atomic E-state index is 0.250. The quantitative estimate of drug-likeness (QED) is 0.654. The molecule has 10 heteroatoms. The van der Waals surface area contributed by atoms with Gasteiger partial charge in [-0.25, -0.2) is 8.42 Å². The summed E-state index contributed by atoms with van der Waals surface area (Å²) in [5.74, 6) is 1.37. The number of furan rings is 1. The molecular formula is C17H18N4O4S2. The van der Waals surface area contributed by atoms with E-state index in [1.807, 2.05) is 12.1 Å². The first kappa shape index (κ1) is 18.1. The zero-order chi connectivity index (χ0) is 18.9. The van der Waals surface area contributed by atoms with E-state index in [0.717, 1.165) is 11.3 Å². The van der Waals surface area contributed by atoms with E-state index in [0.29, 0.717) is 43.4 Å². The third-order valence-electron chi connectivity index (χ3n) is 4.37. The number of aromatic nitrogens is 3. The Labute approximate surface area is 161 Å². The monoisotopic (exact) mass is 406 g/mol. The van der Waals surface area contributed by atoms with Crippen LogP contribution in [0.25, 0.3) is 11.4 Å². The minimum atomic E-state index is -3.52. The van der Waals surface area contributed by atoms with E-state index in [2.05, 4.69) is 10.2 Å². The van der Waals surface area contributed by atoms with Gasteiger partial charge in [-0.15, -0.1) is 0 Å². The first-order chi connectivity index (χ1) is 13.1. The summed E-state index contributed by atoms with van der Waals surface area (Å²) in [6.45, 7) is 2.00. The average molecular weight is 406 g/mol. The Bertz CT molecular complexity index is 1060. The molecule has 0 atom stereocenters. The average Bonchev–Trinajstić information content (AvgIpc) is 3.33. The van der Waals surface area contributed by atoms with E-state index >= 15 is 0 Å². The van der Waals surface area contributed by atoms with Crippen molar-refractivity contribution in [2.75, 3.05) is 26.3 Å². The molecule has 2 aromatic heterocycles. The van der Waals surface area contributed by atoms with Gasteiger partial charge >= 0.3 is 0 Å². The number of ether oxygens (including phenoxy) is 1. The zero-order valence-electron chi connectivity index (χ0n) is 14.4. The predicted molar refractivity (Wildman–Crippen MR) is 100 cm³/mol. The van der Waals surface area contributed by atoms with Gasteiger partial charge < -0.3 is 9.15 Å². The standard InChI is InChI=1S/C17H18N4O4S2/c22-27(23,20-7-10-24-11-8-20)15-5-3-13(4-6-15)16-18-19-17(26)21(16)12-14-2-1-9-25-14/h1-6,9H,7-8,10-12H2,(H,19,26). The van der Waals surface area contributed by atoms with Crippen molar-refractivity contribution in [3.05, 3.63) is 53.2 Å². The first-order valence-corrected chi connectivity index (χ1v) is 10.3. The number of morpholine rings is 1. The fraction of sp³-hybridized carbons (Fsp3) is 0.294. The van der Waals surface area contributed by atoms with E-state index < -0.39 is 10.0 Å². The van der Waals surface area contributed by atoms with Gasteiger partial charge in [0.15, 0.2) is 10.6 Å². The van der Waals surface area contributed by atoms with Crippen molar-refractivity contribution in [3.63, 3.8) is 0 Å². The van der Waals surface area contributed by atoms with Crippen LogP contribution in [0.5, 0.6) is 0 Å². The van der Waals surface area contributed by atoms with Gasteiger partial charge in [0, 0.05) is 18.7 Å². The van der Waals surface area contributed by atoms with Gasteiger partial charge in [0.2, 0.25) is 10.0 Å². The molecule has 27 heavy (non-hydrogen) atoms. The number of hydrogen-bond donors (Lipinski definition) is 1. The van der Waals surface area contributed by atoms with Gasteiger partial charge in [-0.05, 0) is 48.6 Å². The van der Waals surface area contributed by atoms with Crippen LogP contribution >= 0.6 is 12.2 Å². The van der Waals surface area contributed by atoms with Gasteiger partial charge in [0.25, 0.3) is 0 Å². The summed E-state index contributed by atoms with van der Waals surface area (Å²) in [7, 11) is -3.52. The van der Waals surface area contributed by atoms with Gasteiger partial charge in [-0.1, -0.05) is 0 Å². The number of nitrogens with one attached hydrogen (secondary N) is 1. The smallest absolute Gasteiger partial charge is 0.243 e. The Kier molecular flexibility index (Phi) is 4.96. The second-order valence-corrected chi connectivity index (χ2v) is 8.38. The number of benzene rings is 1. The maximum Gasteiger partial charge on any atom is 0.243 e. The van der Waals surface area contributed by atoms with Gasteiger partial charge in [-0.2, -0.15) is 9.40 Å². The van der Waals surface area contributed by atoms with Crippen molar-refractivity contribution in [1.29, 1.82) is 0 Å². The summed E-state index contributed by atoms with van der Waals surface area (Å²) < 4.78 is 39.8. The number of nitrogens with zero attached hydrogens (tertiary/aromatic N) is 3. The van der Waals surface area contributed by atoms with Crippen molar-refractivity contribution in [3.8, 4) is 11.4 Å². The minimum Gasteiger partial charge on any atom is -0.467 e. The van der Waals surface area contributed by atoms with Crippen LogP contribution in [-0.2, 0) is 21.3 Å². The normalized spacial score (nSPS) is 15.9. The molecule has 1 N–H and O–H groups in total. The molecule has 3 heterocycles. The Hall–Kier alpha value is -2.27. The number of sulfonamides is 1. The molecule has 1 aliphatic heterocycles. The van der Waals surface area contributed by atoms with Crippen molar-refractivity contribution in [2.24, 2.45) is 0 Å². The molecule has 142 valence electrons. The molecule has 0 aliphatic carbocycles. The van der Waals surface area contributed by atoms with Crippen LogP contribution < -0.4 is 0 Å². The largest absolute Gasteiger partial charge is 0.467 e. The van der Waals surface area contributed by atoms with Crippen molar-refractivity contribution < 1.29 is 17.6 Å². The SMILES string of the molecule is O=S(=O)(c1ccc(-c2n[nH]c(=S)n2Cc2ccco2)cc1)N1CCOCC1. The maximum atomic E-state index is 12.7. The number of aromatic amines is 1. The van der Waals surface area contributed by atoms with Crippen LogP contribution in [0.2, 0.25) is 0 Å². The molecule has 0 unspecified atom stereocenters. The highest BCUT2D eigenvalue weighted by atomic mass is 32.2. The molecule has 1 aromatic carbocycles. The maximum absolute atomic E-state index is 12.7. The summed E-state index contributed by atoms with van der Waals surface area (Å²) in [6, 6.07) is 10.3.